The Kier molecular flexibility index (Phi) is 6.40. The maximum Gasteiger partial charge on any atom is 0.296 e. The number of anilines is 1. The molecule has 11 nitrogen and oxygen atoms in total. The van der Waals surface area contributed by atoms with E-state index < -0.39 is 34.7 Å². The second kappa shape index (κ2) is 9.44. The van der Waals surface area contributed by atoms with E-state index in [-0.39, 0.29) is 11.5 Å². The lowest BCUT2D eigenvalue weighted by atomic mass is 9.80. The largest absolute Gasteiger partial charge is 0.501 e. The summed E-state index contributed by atoms with van der Waals surface area (Å²) >= 11 is 6.12. The van der Waals surface area contributed by atoms with Crippen LogP contribution in [-0.4, -0.2) is 35.5 Å². The first-order valence-corrected chi connectivity index (χ1v) is 10.8. The van der Waals surface area contributed by atoms with Crippen LogP contribution in [0.5, 0.6) is 5.75 Å². The highest BCUT2D eigenvalue weighted by atomic mass is 35.5. The van der Waals surface area contributed by atoms with Crippen molar-refractivity contribution in [2.24, 2.45) is 14.1 Å². The second-order valence-corrected chi connectivity index (χ2v) is 8.39. The highest BCUT2D eigenvalue weighted by Gasteiger charge is 2.31. The van der Waals surface area contributed by atoms with Gasteiger partial charge in [-0.3, -0.25) is 18.8 Å². The Morgan fingerprint density at radius 1 is 1.31 bits per heavy atom. The van der Waals surface area contributed by atoms with Gasteiger partial charge in [-0.15, -0.1) is 0 Å². The fraction of sp³-hybridized carbons (Fsp3) is 0.217. The molecule has 0 spiro atoms. The van der Waals surface area contributed by atoms with Gasteiger partial charge >= 0.3 is 0 Å². The van der Waals surface area contributed by atoms with Crippen LogP contribution in [-0.2, 0) is 14.1 Å². The number of aromatic hydroxyl groups is 1. The zero-order valence-electron chi connectivity index (χ0n) is 18.9. The van der Waals surface area contributed by atoms with E-state index in [0.717, 1.165) is 5.56 Å². The molecule has 0 aliphatic carbocycles. The topological polar surface area (TPSA) is 152 Å². The first-order chi connectivity index (χ1) is 16.7. The number of amides is 1. The molecule has 2 N–H and O–H groups in total. The molecule has 4 rings (SSSR count). The van der Waals surface area contributed by atoms with E-state index in [0.29, 0.717) is 16.1 Å². The molecule has 0 aliphatic heterocycles. The van der Waals surface area contributed by atoms with Crippen LogP contribution < -0.4 is 10.9 Å². The zero-order chi connectivity index (χ0) is 25.3. The van der Waals surface area contributed by atoms with Gasteiger partial charge in [0.15, 0.2) is 5.69 Å². The molecule has 0 aliphatic rings. The minimum atomic E-state index is -0.806. The number of hydrogen-bond donors (Lipinski definition) is 2. The van der Waals surface area contributed by atoms with E-state index in [1.165, 1.54) is 24.1 Å². The van der Waals surface area contributed by atoms with E-state index in [9.17, 15) is 20.0 Å². The van der Waals surface area contributed by atoms with Gasteiger partial charge in [0.1, 0.15) is 17.8 Å². The summed E-state index contributed by atoms with van der Waals surface area (Å²) in [5.41, 5.74) is 0.760. The summed E-state index contributed by atoms with van der Waals surface area (Å²) in [6, 6.07) is 7.15. The molecule has 3 aromatic heterocycles. The lowest BCUT2D eigenvalue weighted by molar-refractivity contribution is 0.101. The third kappa shape index (κ3) is 4.51. The van der Waals surface area contributed by atoms with Gasteiger partial charge in [-0.25, -0.2) is 4.98 Å². The highest BCUT2D eigenvalue weighted by Crippen LogP contribution is 2.39. The summed E-state index contributed by atoms with van der Waals surface area (Å²) in [5.74, 6) is -2.39. The predicted molar refractivity (Wildman–Crippen MR) is 125 cm³/mol. The molecule has 0 radical (unpaired) electrons. The minimum Gasteiger partial charge on any atom is -0.501 e. The fourth-order valence-electron chi connectivity index (χ4n) is 4.01. The standard InChI is InChI=1S/C23H20ClN7O4/c1-12(18(14-8-26-30(2)10-14)17-5-4-15(24)6-13(17)7-25)21-29-19(20(32)23(34)31(21)3)22(33)28-16-9-27-35-11-16/h4-6,8-12,18,32H,1-3H3,(H,28,33)/t12-,18-/m1/s1. The summed E-state index contributed by atoms with van der Waals surface area (Å²) in [6.07, 6.45) is 5.92. The van der Waals surface area contributed by atoms with Gasteiger partial charge in [-0.2, -0.15) is 10.4 Å². The van der Waals surface area contributed by atoms with Gasteiger partial charge in [0.2, 0.25) is 5.75 Å². The second-order valence-electron chi connectivity index (χ2n) is 7.96. The van der Waals surface area contributed by atoms with Crippen molar-refractivity contribution in [2.45, 2.75) is 18.8 Å². The van der Waals surface area contributed by atoms with Crippen LogP contribution in [0.4, 0.5) is 5.69 Å². The third-order valence-electron chi connectivity index (χ3n) is 5.67. The molecular formula is C23H20ClN7O4. The Morgan fingerprint density at radius 2 is 2.09 bits per heavy atom. The normalized spacial score (nSPS) is 12.7. The van der Waals surface area contributed by atoms with Crippen molar-refractivity contribution in [3.8, 4) is 11.8 Å². The van der Waals surface area contributed by atoms with Crippen LogP contribution in [0.2, 0.25) is 5.02 Å². The monoisotopic (exact) mass is 493 g/mol. The van der Waals surface area contributed by atoms with Crippen LogP contribution in [0.25, 0.3) is 0 Å². The van der Waals surface area contributed by atoms with E-state index in [2.05, 4.69) is 26.6 Å². The van der Waals surface area contributed by atoms with Gasteiger partial charge in [0.25, 0.3) is 11.5 Å². The number of hydrogen-bond acceptors (Lipinski definition) is 8. The Labute approximate surface area is 204 Å². The smallest absolute Gasteiger partial charge is 0.296 e. The molecule has 1 aromatic carbocycles. The molecular weight excluding hydrogens is 474 g/mol. The van der Waals surface area contributed by atoms with Crippen molar-refractivity contribution >= 4 is 23.2 Å². The predicted octanol–water partition coefficient (Wildman–Crippen LogP) is 2.92. The summed E-state index contributed by atoms with van der Waals surface area (Å²) in [4.78, 5) is 30.0. The summed E-state index contributed by atoms with van der Waals surface area (Å²) in [7, 11) is 3.22. The van der Waals surface area contributed by atoms with Crippen LogP contribution in [0.15, 0.2) is 52.4 Å². The van der Waals surface area contributed by atoms with E-state index in [1.54, 1.807) is 42.3 Å². The Balaban J connectivity index is 1.86. The number of nitrogens with zero attached hydrogens (tertiary/aromatic N) is 6. The van der Waals surface area contributed by atoms with Crippen molar-refractivity contribution in [2.75, 3.05) is 5.32 Å². The average molecular weight is 494 g/mol. The summed E-state index contributed by atoms with van der Waals surface area (Å²) in [6.45, 7) is 1.81. The van der Waals surface area contributed by atoms with Crippen molar-refractivity contribution < 1.29 is 14.4 Å². The molecule has 0 saturated heterocycles. The fourth-order valence-corrected chi connectivity index (χ4v) is 4.19. The Morgan fingerprint density at radius 3 is 2.71 bits per heavy atom. The molecule has 4 aromatic rings. The lowest BCUT2D eigenvalue weighted by Gasteiger charge is -2.26. The number of carbonyl (C=O) groups is 1. The average Bonchev–Trinajstić information content (AvgIpc) is 3.50. The van der Waals surface area contributed by atoms with Gasteiger partial charge in [0, 0.05) is 37.2 Å². The summed E-state index contributed by atoms with van der Waals surface area (Å²) in [5, 5.41) is 30.8. The molecule has 2 atom stereocenters. The molecule has 0 saturated carbocycles. The number of benzene rings is 1. The van der Waals surface area contributed by atoms with Crippen molar-refractivity contribution in [3.63, 3.8) is 0 Å². The number of aryl methyl sites for hydroxylation is 1. The maximum atomic E-state index is 12.9. The Bertz CT molecular complexity index is 1500. The molecule has 0 bridgehead atoms. The number of carbonyl (C=O) groups excluding carboxylic acids is 1. The zero-order valence-corrected chi connectivity index (χ0v) is 19.7. The first kappa shape index (κ1) is 23.7. The van der Waals surface area contributed by atoms with Crippen molar-refractivity contribution in [3.05, 3.63) is 86.6 Å². The molecule has 3 heterocycles. The number of nitriles is 1. The lowest BCUT2D eigenvalue weighted by Crippen LogP contribution is -2.29. The van der Waals surface area contributed by atoms with Crippen LogP contribution in [0.1, 0.15) is 51.8 Å². The van der Waals surface area contributed by atoms with Crippen LogP contribution in [0, 0.1) is 11.3 Å². The van der Waals surface area contributed by atoms with Gasteiger partial charge in [-0.1, -0.05) is 29.7 Å². The highest BCUT2D eigenvalue weighted by molar-refractivity contribution is 6.30. The number of halogens is 1. The summed E-state index contributed by atoms with van der Waals surface area (Å²) < 4.78 is 7.50. The number of aromatic nitrogens is 5. The molecule has 0 fully saturated rings. The van der Waals surface area contributed by atoms with Crippen molar-refractivity contribution in [1.82, 2.24) is 24.5 Å². The molecule has 0 unspecified atom stereocenters. The van der Waals surface area contributed by atoms with E-state index >= 15 is 0 Å². The van der Waals surface area contributed by atoms with Crippen LogP contribution >= 0.6 is 11.6 Å². The van der Waals surface area contributed by atoms with Crippen LogP contribution in [0.3, 0.4) is 0 Å². The number of rotatable bonds is 6. The first-order valence-electron chi connectivity index (χ1n) is 10.4. The van der Waals surface area contributed by atoms with E-state index in [1.807, 2.05) is 6.92 Å². The molecule has 1 amide bonds. The van der Waals surface area contributed by atoms with Gasteiger partial charge in [0.05, 0.1) is 24.0 Å². The minimum absolute atomic E-state index is 0.218. The molecule has 35 heavy (non-hydrogen) atoms. The quantitative estimate of drug-likeness (QED) is 0.416. The molecule has 12 heteroatoms. The third-order valence-corrected chi connectivity index (χ3v) is 5.90. The van der Waals surface area contributed by atoms with Gasteiger partial charge < -0.3 is 14.9 Å². The Hall–Kier alpha value is -4.43. The molecule has 178 valence electrons. The van der Waals surface area contributed by atoms with Gasteiger partial charge in [-0.05, 0) is 23.3 Å². The van der Waals surface area contributed by atoms with Crippen molar-refractivity contribution in [1.29, 1.82) is 5.26 Å². The number of nitrogens with one attached hydrogen (secondary N) is 1. The maximum absolute atomic E-state index is 12.9. The SMILES string of the molecule is C[C@@H](c1nc(C(=O)Nc2cnoc2)c(O)c(=O)n1C)[C@H](c1cnn(C)c1)c1ccc(Cl)cc1C#N. The van der Waals surface area contributed by atoms with E-state index in [4.69, 9.17) is 16.1 Å².